The molecule has 1 aromatic rings. The molecule has 2 rings (SSSR count). The molecule has 1 aliphatic heterocycles. The van der Waals surface area contributed by atoms with Gasteiger partial charge in [-0.2, -0.15) is 0 Å². The van der Waals surface area contributed by atoms with Gasteiger partial charge >= 0.3 is 0 Å². The van der Waals surface area contributed by atoms with E-state index in [0.717, 1.165) is 5.56 Å². The Morgan fingerprint density at radius 2 is 2.00 bits per heavy atom. The summed E-state index contributed by atoms with van der Waals surface area (Å²) >= 11 is 0. The largest absolute Gasteiger partial charge is 0.387 e. The van der Waals surface area contributed by atoms with E-state index in [-0.39, 0.29) is 6.10 Å². The van der Waals surface area contributed by atoms with Crippen LogP contribution in [0.2, 0.25) is 0 Å². The first-order chi connectivity index (χ1) is 7.07. The molecule has 0 amide bonds. The van der Waals surface area contributed by atoms with E-state index in [9.17, 15) is 5.11 Å². The quantitative estimate of drug-likeness (QED) is 0.804. The fraction of sp³-hybridized carbons (Fsp3) is 0.417. The maximum absolute atomic E-state index is 9.77. The summed E-state index contributed by atoms with van der Waals surface area (Å²) in [6.07, 6.45) is 0.612. The lowest BCUT2D eigenvalue weighted by molar-refractivity contribution is 0.0852. The van der Waals surface area contributed by atoms with E-state index in [4.69, 9.17) is 4.84 Å². The Kier molecular flexibility index (Phi) is 2.49. The smallest absolute Gasteiger partial charge is 0.158 e. The highest BCUT2D eigenvalue weighted by molar-refractivity contribution is 5.92. The molecule has 0 radical (unpaired) electrons. The summed E-state index contributed by atoms with van der Waals surface area (Å²) in [6.45, 7) is 3.45. The summed E-state index contributed by atoms with van der Waals surface area (Å²) in [5.74, 6) is 0. The third-order valence-corrected chi connectivity index (χ3v) is 2.55. The van der Waals surface area contributed by atoms with E-state index in [0.29, 0.717) is 12.1 Å². The Hall–Kier alpha value is -1.35. The van der Waals surface area contributed by atoms with Gasteiger partial charge in [0.2, 0.25) is 0 Å². The Morgan fingerprint density at radius 3 is 2.53 bits per heavy atom. The van der Waals surface area contributed by atoms with Crippen molar-refractivity contribution in [2.45, 2.75) is 32.0 Å². The third-order valence-electron chi connectivity index (χ3n) is 2.55. The van der Waals surface area contributed by atoms with Crippen LogP contribution in [-0.4, -0.2) is 16.4 Å². The molecule has 0 unspecified atom stereocenters. The zero-order chi connectivity index (χ0) is 10.9. The molecule has 3 nitrogen and oxygen atoms in total. The molecule has 0 saturated heterocycles. The zero-order valence-corrected chi connectivity index (χ0v) is 8.97. The Morgan fingerprint density at radius 1 is 1.33 bits per heavy atom. The van der Waals surface area contributed by atoms with Gasteiger partial charge in [-0.3, -0.25) is 0 Å². The standard InChI is InChI=1S/C12H15NO2/c1-12(2,14)11-8-10(15-13-11)9-6-4-3-5-7-9/h3-7,10,14H,8H2,1-2H3/t10-/m0/s1. The van der Waals surface area contributed by atoms with Crippen molar-refractivity contribution in [3.05, 3.63) is 35.9 Å². The second kappa shape index (κ2) is 3.66. The molecule has 15 heavy (non-hydrogen) atoms. The predicted molar refractivity (Wildman–Crippen MR) is 58.6 cm³/mol. The number of hydrogen-bond donors (Lipinski definition) is 1. The second-order valence-corrected chi connectivity index (χ2v) is 4.31. The molecule has 0 saturated carbocycles. The van der Waals surface area contributed by atoms with Crippen molar-refractivity contribution in [3.63, 3.8) is 0 Å². The molecule has 80 valence electrons. The monoisotopic (exact) mass is 205 g/mol. The van der Waals surface area contributed by atoms with Crippen LogP contribution in [0, 0.1) is 0 Å². The minimum atomic E-state index is -0.885. The van der Waals surface area contributed by atoms with Crippen molar-refractivity contribution < 1.29 is 9.94 Å². The van der Waals surface area contributed by atoms with E-state index in [1.54, 1.807) is 13.8 Å². The minimum absolute atomic E-state index is 0.0485. The summed E-state index contributed by atoms with van der Waals surface area (Å²) in [4.78, 5) is 5.31. The van der Waals surface area contributed by atoms with Gasteiger partial charge in [-0.1, -0.05) is 35.5 Å². The Balaban J connectivity index is 2.09. The van der Waals surface area contributed by atoms with Crippen molar-refractivity contribution in [1.82, 2.24) is 0 Å². The highest BCUT2D eigenvalue weighted by Crippen LogP contribution is 2.30. The maximum atomic E-state index is 9.77. The molecular formula is C12H15NO2. The van der Waals surface area contributed by atoms with E-state index in [1.807, 2.05) is 30.3 Å². The number of benzene rings is 1. The molecule has 3 heteroatoms. The maximum Gasteiger partial charge on any atom is 0.158 e. The van der Waals surface area contributed by atoms with Crippen LogP contribution in [0.1, 0.15) is 31.9 Å². The molecule has 1 atom stereocenters. The zero-order valence-electron chi connectivity index (χ0n) is 8.97. The first-order valence-electron chi connectivity index (χ1n) is 5.08. The van der Waals surface area contributed by atoms with Gasteiger partial charge in [0.05, 0.1) is 5.71 Å². The molecule has 0 bridgehead atoms. The van der Waals surface area contributed by atoms with Crippen LogP contribution < -0.4 is 0 Å². The van der Waals surface area contributed by atoms with Crippen LogP contribution >= 0.6 is 0 Å². The highest BCUT2D eigenvalue weighted by Gasteiger charge is 2.31. The van der Waals surface area contributed by atoms with Crippen molar-refractivity contribution >= 4 is 5.71 Å². The third kappa shape index (κ3) is 2.18. The number of oxime groups is 1. The van der Waals surface area contributed by atoms with Crippen molar-refractivity contribution in [2.75, 3.05) is 0 Å². The normalized spacial score (nSPS) is 21.0. The van der Waals surface area contributed by atoms with Gasteiger partial charge in [0.25, 0.3) is 0 Å². The van der Waals surface area contributed by atoms with Crippen molar-refractivity contribution in [3.8, 4) is 0 Å². The van der Waals surface area contributed by atoms with Crippen LogP contribution in [0.3, 0.4) is 0 Å². The lowest BCUT2D eigenvalue weighted by atomic mass is 9.95. The lowest BCUT2D eigenvalue weighted by Crippen LogP contribution is -2.30. The van der Waals surface area contributed by atoms with E-state index in [2.05, 4.69) is 5.16 Å². The highest BCUT2D eigenvalue weighted by atomic mass is 16.6. The molecule has 1 heterocycles. The summed E-state index contributed by atoms with van der Waals surface area (Å²) in [7, 11) is 0. The van der Waals surface area contributed by atoms with Crippen molar-refractivity contribution in [1.29, 1.82) is 0 Å². The Labute approximate surface area is 89.4 Å². The topological polar surface area (TPSA) is 41.8 Å². The molecule has 1 aliphatic rings. The van der Waals surface area contributed by atoms with E-state index < -0.39 is 5.60 Å². The molecule has 1 N–H and O–H groups in total. The summed E-state index contributed by atoms with van der Waals surface area (Å²) in [6, 6.07) is 9.93. The van der Waals surface area contributed by atoms with Gasteiger partial charge in [0, 0.05) is 6.42 Å². The van der Waals surface area contributed by atoms with Gasteiger partial charge in [0.15, 0.2) is 6.10 Å². The number of aliphatic hydroxyl groups is 1. The second-order valence-electron chi connectivity index (χ2n) is 4.31. The lowest BCUT2D eigenvalue weighted by Gasteiger charge is -2.15. The van der Waals surface area contributed by atoms with Crippen LogP contribution in [0.4, 0.5) is 0 Å². The average Bonchev–Trinajstić information content (AvgIpc) is 2.67. The summed E-state index contributed by atoms with van der Waals surface area (Å²) in [5.41, 5.74) is 0.917. The van der Waals surface area contributed by atoms with Crippen LogP contribution in [0.5, 0.6) is 0 Å². The molecule has 1 aromatic carbocycles. The first kappa shape index (κ1) is 10.2. The number of rotatable bonds is 2. The number of nitrogens with zero attached hydrogens (tertiary/aromatic N) is 1. The first-order valence-corrected chi connectivity index (χ1v) is 5.08. The molecule has 0 aliphatic carbocycles. The van der Waals surface area contributed by atoms with Crippen LogP contribution in [-0.2, 0) is 4.84 Å². The fourth-order valence-corrected chi connectivity index (χ4v) is 1.59. The SMILES string of the molecule is CC(C)(O)C1=NO[C@H](c2ccccc2)C1. The van der Waals surface area contributed by atoms with Crippen LogP contribution in [0.25, 0.3) is 0 Å². The number of hydrogen-bond acceptors (Lipinski definition) is 3. The molecule has 0 fully saturated rings. The molecular weight excluding hydrogens is 190 g/mol. The van der Waals surface area contributed by atoms with Crippen LogP contribution in [0.15, 0.2) is 35.5 Å². The van der Waals surface area contributed by atoms with Gasteiger partial charge in [-0.15, -0.1) is 0 Å². The van der Waals surface area contributed by atoms with Gasteiger partial charge in [0.1, 0.15) is 5.60 Å². The Bertz CT molecular complexity index is 365. The van der Waals surface area contributed by atoms with E-state index >= 15 is 0 Å². The molecule has 0 aromatic heterocycles. The van der Waals surface area contributed by atoms with Gasteiger partial charge in [-0.05, 0) is 19.4 Å². The average molecular weight is 205 g/mol. The minimum Gasteiger partial charge on any atom is -0.387 e. The summed E-state index contributed by atoms with van der Waals surface area (Å²) < 4.78 is 0. The predicted octanol–water partition coefficient (Wildman–Crippen LogP) is 2.27. The molecule has 0 spiro atoms. The van der Waals surface area contributed by atoms with Gasteiger partial charge in [-0.25, -0.2) is 0 Å². The summed E-state index contributed by atoms with van der Waals surface area (Å²) in [5, 5.41) is 13.7. The fourth-order valence-electron chi connectivity index (χ4n) is 1.59. The van der Waals surface area contributed by atoms with Crippen molar-refractivity contribution in [2.24, 2.45) is 5.16 Å². The van der Waals surface area contributed by atoms with Gasteiger partial charge < -0.3 is 9.94 Å². The van der Waals surface area contributed by atoms with E-state index in [1.165, 1.54) is 0 Å².